The topological polar surface area (TPSA) is 66.4 Å². The van der Waals surface area contributed by atoms with Crippen LogP contribution < -0.4 is 5.32 Å². The van der Waals surface area contributed by atoms with Gasteiger partial charge in [0.05, 0.1) is 21.2 Å². The van der Waals surface area contributed by atoms with Gasteiger partial charge in [-0.05, 0) is 24.1 Å². The van der Waals surface area contributed by atoms with Crippen LogP contribution in [0.4, 0.5) is 0 Å². The van der Waals surface area contributed by atoms with Crippen LogP contribution >= 0.6 is 23.2 Å². The maximum Gasteiger partial charge on any atom is 0.336 e. The highest BCUT2D eigenvalue weighted by Gasteiger charge is 2.18. The summed E-state index contributed by atoms with van der Waals surface area (Å²) in [5.74, 6) is -1.72. The summed E-state index contributed by atoms with van der Waals surface area (Å²) in [4.78, 5) is 23.4. The van der Waals surface area contributed by atoms with Gasteiger partial charge in [-0.25, -0.2) is 4.79 Å². The van der Waals surface area contributed by atoms with Crippen molar-refractivity contribution in [2.45, 2.75) is 6.42 Å². The largest absolute Gasteiger partial charge is 0.478 e. The molecule has 0 fully saturated rings. The first-order valence-electron chi connectivity index (χ1n) is 6.53. The second kappa shape index (κ2) is 7.29. The second-order valence-corrected chi connectivity index (χ2v) is 5.42. The SMILES string of the molecule is O=C(O)c1cc(Cl)c(Cl)cc1C(=O)NCCc1ccccc1. The number of carbonyl (C=O) groups is 2. The minimum Gasteiger partial charge on any atom is -0.478 e. The number of aromatic carboxylic acids is 1. The highest BCUT2D eigenvalue weighted by molar-refractivity contribution is 6.42. The van der Waals surface area contributed by atoms with Crippen molar-refractivity contribution in [1.29, 1.82) is 0 Å². The minimum absolute atomic E-state index is 0.00467. The summed E-state index contributed by atoms with van der Waals surface area (Å²) < 4.78 is 0. The maximum absolute atomic E-state index is 12.1. The Hall–Kier alpha value is -2.04. The Balaban J connectivity index is 2.09. The molecule has 114 valence electrons. The van der Waals surface area contributed by atoms with Crippen molar-refractivity contribution in [3.05, 3.63) is 69.2 Å². The third-order valence-corrected chi connectivity index (χ3v) is 3.80. The van der Waals surface area contributed by atoms with Gasteiger partial charge in [0.15, 0.2) is 0 Å². The number of carbonyl (C=O) groups excluding carboxylic acids is 1. The zero-order valence-electron chi connectivity index (χ0n) is 11.5. The molecule has 0 radical (unpaired) electrons. The van der Waals surface area contributed by atoms with E-state index in [9.17, 15) is 9.59 Å². The van der Waals surface area contributed by atoms with E-state index < -0.39 is 11.9 Å². The molecule has 2 aromatic rings. The predicted molar refractivity (Wildman–Crippen MR) is 85.9 cm³/mol. The highest BCUT2D eigenvalue weighted by atomic mass is 35.5. The number of nitrogens with one attached hydrogen (secondary N) is 1. The molecule has 0 heterocycles. The Kier molecular flexibility index (Phi) is 5.41. The Morgan fingerprint density at radius 3 is 2.18 bits per heavy atom. The number of hydrogen-bond acceptors (Lipinski definition) is 2. The number of carboxylic acids is 1. The lowest BCUT2D eigenvalue weighted by atomic mass is 10.1. The molecule has 1 amide bonds. The van der Waals surface area contributed by atoms with E-state index in [1.807, 2.05) is 30.3 Å². The molecule has 22 heavy (non-hydrogen) atoms. The normalized spacial score (nSPS) is 10.3. The van der Waals surface area contributed by atoms with Crippen LogP contribution in [0.5, 0.6) is 0 Å². The predicted octanol–water partition coefficient (Wildman–Crippen LogP) is 3.66. The van der Waals surface area contributed by atoms with Crippen molar-refractivity contribution in [3.8, 4) is 0 Å². The summed E-state index contributed by atoms with van der Waals surface area (Å²) in [6, 6.07) is 12.1. The van der Waals surface area contributed by atoms with Crippen LogP contribution in [0, 0.1) is 0 Å². The summed E-state index contributed by atoms with van der Waals surface area (Å²) in [7, 11) is 0. The Morgan fingerprint density at radius 2 is 1.59 bits per heavy atom. The average molecular weight is 338 g/mol. The first kappa shape index (κ1) is 16.3. The van der Waals surface area contributed by atoms with Gasteiger partial charge in [-0.2, -0.15) is 0 Å². The summed E-state index contributed by atoms with van der Waals surface area (Å²) in [5.41, 5.74) is 0.900. The number of benzene rings is 2. The van der Waals surface area contributed by atoms with Crippen molar-refractivity contribution in [3.63, 3.8) is 0 Å². The fourth-order valence-corrected chi connectivity index (χ4v) is 2.30. The van der Waals surface area contributed by atoms with E-state index in [0.717, 1.165) is 5.56 Å². The van der Waals surface area contributed by atoms with E-state index in [1.54, 1.807) is 0 Å². The van der Waals surface area contributed by atoms with Crippen LogP contribution in [0.15, 0.2) is 42.5 Å². The number of rotatable bonds is 5. The lowest BCUT2D eigenvalue weighted by Crippen LogP contribution is -2.27. The van der Waals surface area contributed by atoms with E-state index in [2.05, 4.69) is 5.32 Å². The molecule has 0 saturated heterocycles. The van der Waals surface area contributed by atoms with Gasteiger partial charge in [-0.15, -0.1) is 0 Å². The maximum atomic E-state index is 12.1. The highest BCUT2D eigenvalue weighted by Crippen LogP contribution is 2.26. The van der Waals surface area contributed by atoms with Gasteiger partial charge in [0, 0.05) is 6.54 Å². The molecule has 4 nitrogen and oxygen atoms in total. The van der Waals surface area contributed by atoms with Crippen molar-refractivity contribution in [1.82, 2.24) is 5.32 Å². The van der Waals surface area contributed by atoms with E-state index in [0.29, 0.717) is 13.0 Å². The summed E-state index contributed by atoms with van der Waals surface area (Å²) in [5, 5.41) is 12.1. The van der Waals surface area contributed by atoms with Crippen LogP contribution in [-0.4, -0.2) is 23.5 Å². The van der Waals surface area contributed by atoms with Gasteiger partial charge in [-0.3, -0.25) is 4.79 Å². The van der Waals surface area contributed by atoms with Gasteiger partial charge in [0.25, 0.3) is 5.91 Å². The summed E-state index contributed by atoms with van der Waals surface area (Å²) >= 11 is 11.7. The molecule has 0 aliphatic carbocycles. The molecular formula is C16H13Cl2NO3. The molecule has 0 saturated carbocycles. The average Bonchev–Trinajstić information content (AvgIpc) is 2.50. The lowest BCUT2D eigenvalue weighted by Gasteiger charge is -2.09. The van der Waals surface area contributed by atoms with E-state index in [1.165, 1.54) is 12.1 Å². The van der Waals surface area contributed by atoms with Crippen LogP contribution in [0.3, 0.4) is 0 Å². The Labute approximate surface area is 137 Å². The van der Waals surface area contributed by atoms with Crippen molar-refractivity contribution in [2.75, 3.05) is 6.54 Å². The third-order valence-electron chi connectivity index (χ3n) is 3.08. The smallest absolute Gasteiger partial charge is 0.336 e. The van der Waals surface area contributed by atoms with E-state index >= 15 is 0 Å². The first-order valence-corrected chi connectivity index (χ1v) is 7.29. The third kappa shape index (κ3) is 4.00. The van der Waals surface area contributed by atoms with E-state index in [4.69, 9.17) is 28.3 Å². The fourth-order valence-electron chi connectivity index (χ4n) is 1.97. The lowest BCUT2D eigenvalue weighted by molar-refractivity contribution is 0.0691. The summed E-state index contributed by atoms with van der Waals surface area (Å²) in [6.07, 6.45) is 0.649. The molecule has 0 aliphatic heterocycles. The molecule has 0 unspecified atom stereocenters. The molecule has 0 aliphatic rings. The molecular weight excluding hydrogens is 325 g/mol. The number of halogens is 2. The van der Waals surface area contributed by atoms with Gasteiger partial charge >= 0.3 is 5.97 Å². The van der Waals surface area contributed by atoms with Crippen LogP contribution in [-0.2, 0) is 6.42 Å². The van der Waals surface area contributed by atoms with Crippen LogP contribution in [0.2, 0.25) is 10.0 Å². The molecule has 0 aromatic heterocycles. The van der Waals surface area contributed by atoms with Gasteiger partial charge in [-0.1, -0.05) is 53.5 Å². The van der Waals surface area contributed by atoms with Gasteiger partial charge in [0.2, 0.25) is 0 Å². The molecule has 2 rings (SSSR count). The van der Waals surface area contributed by atoms with Crippen molar-refractivity contribution < 1.29 is 14.7 Å². The molecule has 2 N–H and O–H groups in total. The van der Waals surface area contributed by atoms with E-state index in [-0.39, 0.29) is 21.2 Å². The van der Waals surface area contributed by atoms with Crippen molar-refractivity contribution in [2.24, 2.45) is 0 Å². The zero-order valence-corrected chi connectivity index (χ0v) is 13.0. The molecule has 0 spiro atoms. The van der Waals surface area contributed by atoms with Gasteiger partial charge in [0.1, 0.15) is 0 Å². The Morgan fingerprint density at radius 1 is 1.00 bits per heavy atom. The van der Waals surface area contributed by atoms with Crippen molar-refractivity contribution >= 4 is 35.1 Å². The quantitative estimate of drug-likeness (QED) is 0.874. The minimum atomic E-state index is -1.23. The monoisotopic (exact) mass is 337 g/mol. The molecule has 0 bridgehead atoms. The second-order valence-electron chi connectivity index (χ2n) is 4.61. The van der Waals surface area contributed by atoms with Crippen LogP contribution in [0.1, 0.15) is 26.3 Å². The molecule has 2 aromatic carbocycles. The van der Waals surface area contributed by atoms with Crippen LogP contribution in [0.25, 0.3) is 0 Å². The number of hydrogen-bond donors (Lipinski definition) is 2. The number of amides is 1. The first-order chi connectivity index (χ1) is 10.5. The molecule has 6 heteroatoms. The van der Waals surface area contributed by atoms with Gasteiger partial charge < -0.3 is 10.4 Å². The fraction of sp³-hybridized carbons (Fsp3) is 0.125. The number of carboxylic acid groups (broad SMARTS) is 1. The summed E-state index contributed by atoms with van der Waals surface area (Å²) in [6.45, 7) is 0.391. The molecule has 0 atom stereocenters. The Bertz CT molecular complexity index is 702. The standard InChI is InChI=1S/C16H13Cl2NO3/c17-13-8-11(12(16(21)22)9-14(13)18)15(20)19-7-6-10-4-2-1-3-5-10/h1-5,8-9H,6-7H2,(H,19,20)(H,21,22). The zero-order chi connectivity index (χ0) is 16.1.